The Kier molecular flexibility index (Phi) is 5.15. The predicted octanol–water partition coefficient (Wildman–Crippen LogP) is 3.33. The summed E-state index contributed by atoms with van der Waals surface area (Å²) in [6.07, 6.45) is 3.97. The van der Waals surface area contributed by atoms with Crippen molar-refractivity contribution in [1.82, 2.24) is 4.90 Å². The van der Waals surface area contributed by atoms with E-state index in [0.717, 1.165) is 36.6 Å². The number of aliphatic hydroxyl groups is 1. The van der Waals surface area contributed by atoms with Gasteiger partial charge in [-0.2, -0.15) is 0 Å². The van der Waals surface area contributed by atoms with Gasteiger partial charge in [0.05, 0.1) is 5.60 Å². The Bertz CT molecular complexity index is 997. The fourth-order valence-corrected chi connectivity index (χ4v) is 4.90. The normalized spacial score (nSPS) is 25.5. The van der Waals surface area contributed by atoms with Gasteiger partial charge in [-0.25, -0.2) is 4.79 Å². The summed E-state index contributed by atoms with van der Waals surface area (Å²) in [5, 5.41) is 11.7. The van der Waals surface area contributed by atoms with Gasteiger partial charge in [-0.15, -0.1) is 0 Å². The van der Waals surface area contributed by atoms with Crippen molar-refractivity contribution in [2.75, 3.05) is 13.1 Å². The van der Waals surface area contributed by atoms with E-state index in [4.69, 9.17) is 9.15 Å². The zero-order valence-corrected chi connectivity index (χ0v) is 17.4. The highest BCUT2D eigenvalue weighted by Crippen LogP contribution is 2.40. The summed E-state index contributed by atoms with van der Waals surface area (Å²) in [5.41, 5.74) is 1.06. The van der Waals surface area contributed by atoms with Gasteiger partial charge in [0.2, 0.25) is 0 Å². The van der Waals surface area contributed by atoms with Gasteiger partial charge in [0.1, 0.15) is 11.3 Å². The van der Waals surface area contributed by atoms with Crippen LogP contribution < -0.4 is 10.4 Å². The molecule has 3 atom stereocenters. The maximum atomic E-state index is 13.0. The van der Waals surface area contributed by atoms with E-state index in [2.05, 4.69) is 0 Å². The third-order valence-corrected chi connectivity index (χ3v) is 6.71. The van der Waals surface area contributed by atoms with Crippen LogP contribution in [0.1, 0.15) is 50.2 Å². The number of hydrogen-bond donors (Lipinski definition) is 1. The van der Waals surface area contributed by atoms with E-state index in [-0.39, 0.29) is 11.8 Å². The molecule has 1 aromatic heterocycles. The number of carbonyl (C=O) groups is 1. The maximum absolute atomic E-state index is 13.0. The second-order valence-corrected chi connectivity index (χ2v) is 8.65. The fraction of sp³-hybridized carbons (Fsp3) is 0.565. The molecule has 1 saturated heterocycles. The summed E-state index contributed by atoms with van der Waals surface area (Å²) in [5.74, 6) is 0.627. The predicted molar refractivity (Wildman–Crippen MR) is 110 cm³/mol. The molecular formula is C23H29NO5. The number of hydrogen-bond acceptors (Lipinski definition) is 5. The SMILES string of the molecule is Cc1cc(=O)oc2c(C)c(O[C@H](C)C(=O)N3CC[C@]4(O)CCCC[C@@H]4C3)ccc12. The quantitative estimate of drug-likeness (QED) is 0.801. The highest BCUT2D eigenvalue weighted by atomic mass is 16.5. The Labute approximate surface area is 170 Å². The molecule has 4 rings (SSSR count). The van der Waals surface area contributed by atoms with Gasteiger partial charge >= 0.3 is 5.63 Å². The van der Waals surface area contributed by atoms with E-state index in [1.54, 1.807) is 6.92 Å². The average molecular weight is 399 g/mol. The summed E-state index contributed by atoms with van der Waals surface area (Å²) in [4.78, 5) is 26.6. The van der Waals surface area contributed by atoms with Crippen molar-refractivity contribution in [3.63, 3.8) is 0 Å². The summed E-state index contributed by atoms with van der Waals surface area (Å²) < 4.78 is 11.4. The van der Waals surface area contributed by atoms with Crippen molar-refractivity contribution in [3.05, 3.63) is 39.7 Å². The summed E-state index contributed by atoms with van der Waals surface area (Å²) in [7, 11) is 0. The molecule has 2 aliphatic rings. The zero-order chi connectivity index (χ0) is 20.8. The number of piperidine rings is 1. The Hall–Kier alpha value is -2.34. The molecule has 6 heteroatoms. The molecule has 6 nitrogen and oxygen atoms in total. The third-order valence-electron chi connectivity index (χ3n) is 6.71. The molecule has 1 aromatic carbocycles. The second-order valence-electron chi connectivity index (χ2n) is 8.65. The van der Waals surface area contributed by atoms with Crippen LogP contribution in [-0.4, -0.2) is 40.7 Å². The minimum absolute atomic E-state index is 0.0668. The molecule has 0 spiro atoms. The summed E-state index contributed by atoms with van der Waals surface area (Å²) in [6.45, 7) is 6.60. The van der Waals surface area contributed by atoms with Gasteiger partial charge < -0.3 is 19.2 Å². The molecule has 0 unspecified atom stereocenters. The monoisotopic (exact) mass is 399 g/mol. The highest BCUT2D eigenvalue weighted by molar-refractivity contribution is 5.85. The third kappa shape index (κ3) is 3.66. The van der Waals surface area contributed by atoms with Crippen molar-refractivity contribution in [1.29, 1.82) is 0 Å². The van der Waals surface area contributed by atoms with Gasteiger partial charge in [0.25, 0.3) is 5.91 Å². The summed E-state index contributed by atoms with van der Waals surface area (Å²) in [6, 6.07) is 5.15. The first-order valence-corrected chi connectivity index (χ1v) is 10.5. The number of aryl methyl sites for hydroxylation is 2. The van der Waals surface area contributed by atoms with Crippen LogP contribution in [-0.2, 0) is 4.79 Å². The maximum Gasteiger partial charge on any atom is 0.336 e. The molecule has 1 amide bonds. The first-order chi connectivity index (χ1) is 13.8. The van der Waals surface area contributed by atoms with Crippen molar-refractivity contribution in [3.8, 4) is 5.75 Å². The zero-order valence-electron chi connectivity index (χ0n) is 17.4. The van der Waals surface area contributed by atoms with Gasteiger partial charge in [0.15, 0.2) is 6.10 Å². The van der Waals surface area contributed by atoms with Gasteiger partial charge in [0, 0.05) is 36.0 Å². The van der Waals surface area contributed by atoms with E-state index < -0.39 is 17.3 Å². The molecule has 1 aliphatic heterocycles. The molecule has 2 aromatic rings. The van der Waals surface area contributed by atoms with Crippen LogP contribution in [0, 0.1) is 19.8 Å². The number of rotatable bonds is 3. The van der Waals surface area contributed by atoms with E-state index in [1.165, 1.54) is 6.07 Å². The molecule has 0 radical (unpaired) electrons. The number of benzene rings is 1. The van der Waals surface area contributed by atoms with Crippen LogP contribution >= 0.6 is 0 Å². The van der Waals surface area contributed by atoms with Crippen LogP contribution in [0.5, 0.6) is 5.75 Å². The van der Waals surface area contributed by atoms with Gasteiger partial charge in [-0.1, -0.05) is 12.8 Å². The van der Waals surface area contributed by atoms with Crippen LogP contribution in [0.4, 0.5) is 0 Å². The first kappa shape index (κ1) is 20.0. The number of carbonyl (C=O) groups excluding carboxylic acids is 1. The molecule has 2 heterocycles. The minimum atomic E-state index is -0.655. The number of nitrogens with zero attached hydrogens (tertiary/aromatic N) is 1. The topological polar surface area (TPSA) is 80.0 Å². The summed E-state index contributed by atoms with van der Waals surface area (Å²) >= 11 is 0. The Morgan fingerprint density at radius 3 is 2.90 bits per heavy atom. The standard InChI is InChI=1S/C23H29NO5/c1-14-12-20(25)29-21-15(2)19(8-7-18(14)21)28-16(3)22(26)24-11-10-23(27)9-5-4-6-17(23)13-24/h7-8,12,16-17,27H,4-6,9-11,13H2,1-3H3/t16-,17-,23-/m1/s1. The molecule has 0 bridgehead atoms. The second kappa shape index (κ2) is 7.48. The molecular weight excluding hydrogens is 370 g/mol. The van der Waals surface area contributed by atoms with Crippen LogP contribution in [0.15, 0.2) is 27.4 Å². The molecule has 1 saturated carbocycles. The van der Waals surface area contributed by atoms with Crippen molar-refractivity contribution < 1.29 is 19.1 Å². The van der Waals surface area contributed by atoms with Gasteiger partial charge in [-0.3, -0.25) is 4.79 Å². The van der Waals surface area contributed by atoms with Crippen molar-refractivity contribution in [2.24, 2.45) is 5.92 Å². The lowest BCUT2D eigenvalue weighted by Gasteiger charge is -2.47. The number of ether oxygens (including phenoxy) is 1. The lowest BCUT2D eigenvalue weighted by Crippen LogP contribution is -2.56. The van der Waals surface area contributed by atoms with E-state index in [1.807, 2.05) is 30.9 Å². The lowest BCUT2D eigenvalue weighted by atomic mass is 9.71. The lowest BCUT2D eigenvalue weighted by molar-refractivity contribution is -0.149. The van der Waals surface area contributed by atoms with E-state index >= 15 is 0 Å². The van der Waals surface area contributed by atoms with Crippen molar-refractivity contribution >= 4 is 16.9 Å². The smallest absolute Gasteiger partial charge is 0.336 e. The molecule has 2 fully saturated rings. The fourth-order valence-electron chi connectivity index (χ4n) is 4.90. The molecule has 156 valence electrons. The number of amides is 1. The minimum Gasteiger partial charge on any atom is -0.480 e. The van der Waals surface area contributed by atoms with Crippen LogP contribution in [0.3, 0.4) is 0 Å². The first-order valence-electron chi connectivity index (χ1n) is 10.5. The highest BCUT2D eigenvalue weighted by Gasteiger charge is 2.44. The number of fused-ring (bicyclic) bond motifs is 2. The Morgan fingerprint density at radius 2 is 2.10 bits per heavy atom. The molecule has 1 aliphatic carbocycles. The molecule has 29 heavy (non-hydrogen) atoms. The Balaban J connectivity index is 1.51. The van der Waals surface area contributed by atoms with Crippen LogP contribution in [0.25, 0.3) is 11.0 Å². The Morgan fingerprint density at radius 1 is 1.31 bits per heavy atom. The largest absolute Gasteiger partial charge is 0.480 e. The molecule has 1 N–H and O–H groups in total. The van der Waals surface area contributed by atoms with Crippen molar-refractivity contribution in [2.45, 2.75) is 64.6 Å². The van der Waals surface area contributed by atoms with E-state index in [9.17, 15) is 14.7 Å². The number of likely N-dealkylation sites (tertiary alicyclic amines) is 1. The van der Waals surface area contributed by atoms with Crippen LogP contribution in [0.2, 0.25) is 0 Å². The van der Waals surface area contributed by atoms with E-state index in [0.29, 0.717) is 36.4 Å². The van der Waals surface area contributed by atoms with Gasteiger partial charge in [-0.05, 0) is 57.7 Å². The average Bonchev–Trinajstić information content (AvgIpc) is 2.69.